The van der Waals surface area contributed by atoms with Crippen LogP contribution in [0.2, 0.25) is 5.02 Å². The van der Waals surface area contributed by atoms with Crippen LogP contribution < -0.4 is 4.72 Å². The summed E-state index contributed by atoms with van der Waals surface area (Å²) >= 11 is 12.3. The van der Waals surface area contributed by atoms with Gasteiger partial charge in [0.15, 0.2) is 0 Å². The fourth-order valence-electron chi connectivity index (χ4n) is 1.62. The number of nitrogens with one attached hydrogen (secondary N) is 1. The number of aryl methyl sites for hydroxylation is 1. The molecule has 0 saturated heterocycles. The fourth-order valence-corrected chi connectivity index (χ4v) is 4.14. The van der Waals surface area contributed by atoms with Crippen LogP contribution in [-0.4, -0.2) is 8.42 Å². The summed E-state index contributed by atoms with van der Waals surface area (Å²) in [6, 6.07) is 6.81. The highest BCUT2D eigenvalue weighted by molar-refractivity contribution is 9.11. The second kappa shape index (κ2) is 6.24. The SMILES string of the molecule is Cc1cc(S(=O)(=O)Nc2c(Cl)cc(F)cc2Br)ccc1Br. The number of benzene rings is 2. The third-order valence-corrected chi connectivity index (χ3v) is 5.84. The summed E-state index contributed by atoms with van der Waals surface area (Å²) in [4.78, 5) is 0.0930. The van der Waals surface area contributed by atoms with Gasteiger partial charge in [0.25, 0.3) is 10.0 Å². The van der Waals surface area contributed by atoms with E-state index >= 15 is 0 Å². The summed E-state index contributed by atoms with van der Waals surface area (Å²) < 4.78 is 41.3. The Morgan fingerprint density at radius 3 is 2.38 bits per heavy atom. The molecule has 2 rings (SSSR count). The zero-order valence-electron chi connectivity index (χ0n) is 10.6. The van der Waals surface area contributed by atoms with Gasteiger partial charge in [-0.2, -0.15) is 0 Å². The lowest BCUT2D eigenvalue weighted by atomic mass is 10.2. The zero-order valence-corrected chi connectivity index (χ0v) is 15.4. The molecule has 0 bridgehead atoms. The van der Waals surface area contributed by atoms with Gasteiger partial charge in [-0.25, -0.2) is 12.8 Å². The molecule has 112 valence electrons. The molecular formula is C13H9Br2ClFNO2S. The molecule has 0 atom stereocenters. The van der Waals surface area contributed by atoms with Crippen LogP contribution in [0.5, 0.6) is 0 Å². The fraction of sp³-hybridized carbons (Fsp3) is 0.0769. The highest BCUT2D eigenvalue weighted by atomic mass is 79.9. The summed E-state index contributed by atoms with van der Waals surface area (Å²) in [5.41, 5.74) is 0.876. The van der Waals surface area contributed by atoms with Gasteiger partial charge < -0.3 is 0 Å². The summed E-state index contributed by atoms with van der Waals surface area (Å²) in [6.07, 6.45) is 0. The van der Waals surface area contributed by atoms with Crippen molar-refractivity contribution in [2.24, 2.45) is 0 Å². The first-order valence-electron chi connectivity index (χ1n) is 5.64. The summed E-state index contributed by atoms with van der Waals surface area (Å²) in [7, 11) is -3.82. The minimum absolute atomic E-state index is 0.0284. The van der Waals surface area contributed by atoms with Crippen LogP contribution in [0.3, 0.4) is 0 Å². The van der Waals surface area contributed by atoms with E-state index in [1.165, 1.54) is 12.1 Å². The van der Waals surface area contributed by atoms with Gasteiger partial charge in [-0.05, 0) is 58.7 Å². The maximum absolute atomic E-state index is 13.2. The molecule has 1 N–H and O–H groups in total. The van der Waals surface area contributed by atoms with Crippen molar-refractivity contribution in [2.75, 3.05) is 4.72 Å². The van der Waals surface area contributed by atoms with E-state index in [-0.39, 0.29) is 20.1 Å². The van der Waals surface area contributed by atoms with Crippen molar-refractivity contribution in [3.8, 4) is 0 Å². The summed E-state index contributed by atoms with van der Waals surface area (Å²) in [6.45, 7) is 1.78. The molecule has 0 aliphatic heterocycles. The first-order chi connectivity index (χ1) is 9.70. The van der Waals surface area contributed by atoms with Crippen LogP contribution in [0, 0.1) is 12.7 Å². The molecule has 0 fully saturated rings. The van der Waals surface area contributed by atoms with Crippen LogP contribution in [0.4, 0.5) is 10.1 Å². The molecule has 3 nitrogen and oxygen atoms in total. The van der Waals surface area contributed by atoms with Crippen molar-refractivity contribution in [3.63, 3.8) is 0 Å². The minimum atomic E-state index is -3.82. The van der Waals surface area contributed by atoms with Gasteiger partial charge in [-0.3, -0.25) is 4.72 Å². The van der Waals surface area contributed by atoms with E-state index in [1.807, 2.05) is 0 Å². The third-order valence-electron chi connectivity index (χ3n) is 2.68. The van der Waals surface area contributed by atoms with Crippen molar-refractivity contribution < 1.29 is 12.8 Å². The van der Waals surface area contributed by atoms with Crippen molar-refractivity contribution in [2.45, 2.75) is 11.8 Å². The van der Waals surface area contributed by atoms with E-state index < -0.39 is 15.8 Å². The second-order valence-corrected chi connectivity index (χ2v) is 8.06. The Labute approximate surface area is 143 Å². The molecule has 0 aliphatic rings. The average Bonchev–Trinajstić information content (AvgIpc) is 2.37. The van der Waals surface area contributed by atoms with Gasteiger partial charge >= 0.3 is 0 Å². The maximum Gasteiger partial charge on any atom is 0.261 e. The largest absolute Gasteiger partial charge is 0.277 e. The molecule has 21 heavy (non-hydrogen) atoms. The molecule has 0 heterocycles. The first kappa shape index (κ1) is 16.7. The third kappa shape index (κ3) is 3.77. The predicted octanol–water partition coefficient (Wildman–Crippen LogP) is 5.11. The number of sulfonamides is 1. The topological polar surface area (TPSA) is 46.2 Å². The van der Waals surface area contributed by atoms with Crippen molar-refractivity contribution in [1.29, 1.82) is 0 Å². The Balaban J connectivity index is 2.44. The van der Waals surface area contributed by atoms with Crippen LogP contribution in [0.1, 0.15) is 5.56 Å². The Bertz CT molecular complexity index is 789. The van der Waals surface area contributed by atoms with Crippen LogP contribution in [0.15, 0.2) is 44.2 Å². The van der Waals surface area contributed by atoms with Crippen molar-refractivity contribution >= 4 is 59.2 Å². The lowest BCUT2D eigenvalue weighted by molar-refractivity contribution is 0.601. The molecule has 0 aliphatic carbocycles. The van der Waals surface area contributed by atoms with E-state index in [0.717, 1.165) is 22.2 Å². The Morgan fingerprint density at radius 2 is 1.81 bits per heavy atom. The van der Waals surface area contributed by atoms with Crippen LogP contribution in [-0.2, 0) is 10.0 Å². The Hall–Kier alpha value is -0.630. The van der Waals surface area contributed by atoms with Crippen LogP contribution in [0.25, 0.3) is 0 Å². The standard InChI is InChI=1S/C13H9Br2ClFNO2S/c1-7-4-9(2-3-10(7)14)21(19,20)18-13-11(15)5-8(17)6-12(13)16/h2-6,18H,1H3. The maximum atomic E-state index is 13.2. The number of rotatable bonds is 3. The zero-order chi connectivity index (χ0) is 15.8. The summed E-state index contributed by atoms with van der Waals surface area (Å²) in [5, 5.41) is -0.0284. The molecule has 0 amide bonds. The molecule has 0 spiro atoms. The number of hydrogen-bond donors (Lipinski definition) is 1. The molecule has 0 saturated carbocycles. The van der Waals surface area contributed by atoms with E-state index in [4.69, 9.17) is 11.6 Å². The Morgan fingerprint density at radius 1 is 1.14 bits per heavy atom. The molecule has 8 heteroatoms. The second-order valence-electron chi connectivity index (χ2n) is 4.26. The lowest BCUT2D eigenvalue weighted by Gasteiger charge is -2.12. The Kier molecular flexibility index (Phi) is 4.97. The minimum Gasteiger partial charge on any atom is -0.277 e. The molecule has 2 aromatic rings. The van der Waals surface area contributed by atoms with E-state index in [9.17, 15) is 12.8 Å². The average molecular weight is 458 g/mol. The van der Waals surface area contributed by atoms with Crippen molar-refractivity contribution in [3.05, 3.63) is 55.7 Å². The van der Waals surface area contributed by atoms with E-state index in [1.54, 1.807) is 13.0 Å². The van der Waals surface area contributed by atoms with Crippen molar-refractivity contribution in [1.82, 2.24) is 0 Å². The van der Waals surface area contributed by atoms with Gasteiger partial charge in [0, 0.05) is 8.95 Å². The molecular weight excluding hydrogens is 448 g/mol. The van der Waals surface area contributed by atoms with Gasteiger partial charge in [0.1, 0.15) is 5.82 Å². The van der Waals surface area contributed by atoms with E-state index in [0.29, 0.717) is 0 Å². The van der Waals surface area contributed by atoms with E-state index in [2.05, 4.69) is 36.6 Å². The molecule has 0 unspecified atom stereocenters. The predicted molar refractivity (Wildman–Crippen MR) is 88.8 cm³/mol. The van der Waals surface area contributed by atoms with Gasteiger partial charge in [-0.1, -0.05) is 27.5 Å². The monoisotopic (exact) mass is 455 g/mol. The highest BCUT2D eigenvalue weighted by Gasteiger charge is 2.19. The summed E-state index contributed by atoms with van der Waals surface area (Å²) in [5.74, 6) is -0.561. The number of hydrogen-bond acceptors (Lipinski definition) is 2. The van der Waals surface area contributed by atoms with Gasteiger partial charge in [-0.15, -0.1) is 0 Å². The molecule has 0 aromatic heterocycles. The van der Waals surface area contributed by atoms with Gasteiger partial charge in [0.2, 0.25) is 0 Å². The normalized spacial score (nSPS) is 11.5. The first-order valence-corrected chi connectivity index (χ1v) is 9.09. The highest BCUT2D eigenvalue weighted by Crippen LogP contribution is 2.33. The van der Waals surface area contributed by atoms with Gasteiger partial charge in [0.05, 0.1) is 15.6 Å². The smallest absolute Gasteiger partial charge is 0.261 e. The molecule has 2 aromatic carbocycles. The molecule has 0 radical (unpaired) electrons. The quantitative estimate of drug-likeness (QED) is 0.696. The number of anilines is 1. The number of halogens is 4. The van der Waals surface area contributed by atoms with Crippen LogP contribution >= 0.6 is 43.5 Å². The lowest BCUT2D eigenvalue weighted by Crippen LogP contribution is -2.14.